The van der Waals surface area contributed by atoms with Gasteiger partial charge in [0.05, 0.1) is 0 Å². The van der Waals surface area contributed by atoms with Crippen LogP contribution in [0.1, 0.15) is 52.2 Å². The van der Waals surface area contributed by atoms with Gasteiger partial charge in [-0.1, -0.05) is 27.7 Å². The lowest BCUT2D eigenvalue weighted by molar-refractivity contribution is 0.0231. The largest absolute Gasteiger partial charge is 0.373 e. The summed E-state index contributed by atoms with van der Waals surface area (Å²) in [4.78, 5) is 9.24. The third-order valence-electron chi connectivity index (χ3n) is 2.88. The normalized spacial score (nSPS) is 13.1. The number of ether oxygens (including phenoxy) is 1. The molecule has 0 bridgehead atoms. The topological polar surface area (TPSA) is 47.0 Å². The number of rotatable bonds is 7. The van der Waals surface area contributed by atoms with E-state index in [0.717, 1.165) is 23.8 Å². The van der Waals surface area contributed by atoms with Crippen LogP contribution in [-0.2, 0) is 11.2 Å². The van der Waals surface area contributed by atoms with Crippen LogP contribution in [-0.4, -0.2) is 23.6 Å². The van der Waals surface area contributed by atoms with Crippen molar-refractivity contribution in [2.24, 2.45) is 11.8 Å². The Morgan fingerprint density at radius 1 is 1.21 bits per heavy atom. The first-order chi connectivity index (χ1) is 8.97. The highest BCUT2D eigenvalue weighted by atomic mass is 16.5. The first-order valence-electron chi connectivity index (χ1n) is 7.15. The van der Waals surface area contributed by atoms with E-state index >= 15 is 0 Å². The van der Waals surface area contributed by atoms with Crippen LogP contribution in [0.3, 0.4) is 0 Å². The molecular weight excluding hydrogens is 238 g/mol. The molecule has 4 nitrogen and oxygen atoms in total. The van der Waals surface area contributed by atoms with E-state index in [1.807, 2.05) is 20.0 Å². The maximum absolute atomic E-state index is 5.80. The van der Waals surface area contributed by atoms with Gasteiger partial charge in [0.25, 0.3) is 0 Å². The minimum absolute atomic E-state index is 0.0378. The Balaban J connectivity index is 3.09. The van der Waals surface area contributed by atoms with E-state index in [1.165, 1.54) is 0 Å². The average molecular weight is 265 g/mol. The monoisotopic (exact) mass is 265 g/mol. The van der Waals surface area contributed by atoms with Gasteiger partial charge in [-0.25, -0.2) is 9.97 Å². The third kappa shape index (κ3) is 4.78. The van der Waals surface area contributed by atoms with Gasteiger partial charge < -0.3 is 10.1 Å². The number of nitrogens with one attached hydrogen (secondary N) is 1. The molecule has 4 heteroatoms. The van der Waals surface area contributed by atoms with Gasteiger partial charge >= 0.3 is 0 Å². The van der Waals surface area contributed by atoms with Crippen LogP contribution in [0.25, 0.3) is 0 Å². The van der Waals surface area contributed by atoms with Gasteiger partial charge in [-0.15, -0.1) is 0 Å². The highest BCUT2D eigenvalue weighted by Crippen LogP contribution is 2.24. The molecule has 0 aliphatic heterocycles. The highest BCUT2D eigenvalue weighted by molar-refractivity contribution is 5.35. The molecule has 1 N–H and O–H groups in total. The van der Waals surface area contributed by atoms with Crippen molar-refractivity contribution in [2.75, 3.05) is 19.0 Å². The van der Waals surface area contributed by atoms with Crippen LogP contribution in [0.5, 0.6) is 0 Å². The molecule has 0 aromatic carbocycles. The molecule has 0 radical (unpaired) electrons. The molecule has 1 heterocycles. The van der Waals surface area contributed by atoms with E-state index in [0.29, 0.717) is 18.4 Å². The molecule has 0 spiro atoms. The van der Waals surface area contributed by atoms with Gasteiger partial charge in [0, 0.05) is 25.4 Å². The molecule has 1 rings (SSSR count). The summed E-state index contributed by atoms with van der Waals surface area (Å²) in [6, 6.07) is 2.02. The first-order valence-corrected chi connectivity index (χ1v) is 7.15. The van der Waals surface area contributed by atoms with Crippen molar-refractivity contribution in [3.8, 4) is 0 Å². The Morgan fingerprint density at radius 3 is 2.37 bits per heavy atom. The summed E-state index contributed by atoms with van der Waals surface area (Å²) >= 11 is 0. The molecule has 1 aromatic rings. The summed E-state index contributed by atoms with van der Waals surface area (Å²) < 4.78 is 5.80. The maximum Gasteiger partial charge on any atom is 0.159 e. The molecule has 1 unspecified atom stereocenters. The van der Waals surface area contributed by atoms with E-state index in [4.69, 9.17) is 4.74 Å². The van der Waals surface area contributed by atoms with Gasteiger partial charge in [0.15, 0.2) is 5.82 Å². The minimum Gasteiger partial charge on any atom is -0.373 e. The molecule has 0 fully saturated rings. The fourth-order valence-electron chi connectivity index (χ4n) is 2.04. The number of anilines is 1. The summed E-state index contributed by atoms with van der Waals surface area (Å²) in [7, 11) is 1.89. The maximum atomic E-state index is 5.80. The second kappa shape index (κ2) is 7.43. The zero-order valence-electron chi connectivity index (χ0n) is 13.0. The van der Waals surface area contributed by atoms with Gasteiger partial charge in [-0.05, 0) is 25.2 Å². The molecule has 0 aliphatic carbocycles. The van der Waals surface area contributed by atoms with Crippen LogP contribution < -0.4 is 5.32 Å². The molecule has 0 amide bonds. The van der Waals surface area contributed by atoms with E-state index in [-0.39, 0.29) is 6.10 Å². The second-order valence-electron chi connectivity index (χ2n) is 5.57. The quantitative estimate of drug-likeness (QED) is 0.820. The number of nitrogens with zero attached hydrogens (tertiary/aromatic N) is 2. The van der Waals surface area contributed by atoms with Gasteiger partial charge in [0.2, 0.25) is 0 Å². The third-order valence-corrected chi connectivity index (χ3v) is 2.88. The predicted molar refractivity (Wildman–Crippen MR) is 79.3 cm³/mol. The fraction of sp³-hybridized carbons (Fsp3) is 0.733. The molecule has 108 valence electrons. The average Bonchev–Trinajstić information content (AvgIpc) is 2.34. The Kier molecular flexibility index (Phi) is 6.22. The summed E-state index contributed by atoms with van der Waals surface area (Å²) in [6.07, 6.45) is 0.922. The van der Waals surface area contributed by atoms with Gasteiger partial charge in [0.1, 0.15) is 11.9 Å². The molecule has 0 aliphatic rings. The van der Waals surface area contributed by atoms with Crippen molar-refractivity contribution < 1.29 is 4.74 Å². The van der Waals surface area contributed by atoms with Crippen molar-refractivity contribution in [3.63, 3.8) is 0 Å². The fourth-order valence-corrected chi connectivity index (χ4v) is 2.04. The van der Waals surface area contributed by atoms with Crippen LogP contribution in [0.2, 0.25) is 0 Å². The standard InChI is InChI=1S/C15H27N3O/c1-7-19-14(11(4)5)15-17-12(8-10(2)3)9-13(16-6)18-15/h9-11,14H,7-8H2,1-6H3,(H,16,17,18). The Hall–Kier alpha value is -1.16. The number of hydrogen-bond donors (Lipinski definition) is 1. The van der Waals surface area contributed by atoms with Crippen molar-refractivity contribution >= 4 is 5.82 Å². The van der Waals surface area contributed by atoms with E-state index in [1.54, 1.807) is 0 Å². The zero-order chi connectivity index (χ0) is 14.4. The predicted octanol–water partition coefficient (Wildman–Crippen LogP) is 3.45. The Morgan fingerprint density at radius 2 is 1.89 bits per heavy atom. The summed E-state index contributed by atoms with van der Waals surface area (Å²) in [5, 5.41) is 3.11. The molecule has 19 heavy (non-hydrogen) atoms. The van der Waals surface area contributed by atoms with Crippen molar-refractivity contribution in [1.82, 2.24) is 9.97 Å². The first kappa shape index (κ1) is 15.9. The lowest BCUT2D eigenvalue weighted by atomic mass is 10.1. The van der Waals surface area contributed by atoms with Gasteiger partial charge in [-0.2, -0.15) is 0 Å². The Labute approximate surface area is 117 Å². The van der Waals surface area contributed by atoms with Crippen LogP contribution in [0, 0.1) is 11.8 Å². The summed E-state index contributed by atoms with van der Waals surface area (Å²) in [5.41, 5.74) is 1.08. The Bertz CT molecular complexity index is 391. The summed E-state index contributed by atoms with van der Waals surface area (Å²) in [6.45, 7) is 11.4. The van der Waals surface area contributed by atoms with Gasteiger partial charge in [-0.3, -0.25) is 0 Å². The highest BCUT2D eigenvalue weighted by Gasteiger charge is 2.20. The SMILES string of the molecule is CCOC(c1nc(CC(C)C)cc(NC)n1)C(C)C. The van der Waals surface area contributed by atoms with Crippen LogP contribution >= 0.6 is 0 Å². The van der Waals surface area contributed by atoms with E-state index < -0.39 is 0 Å². The smallest absolute Gasteiger partial charge is 0.159 e. The lowest BCUT2D eigenvalue weighted by Crippen LogP contribution is -2.17. The minimum atomic E-state index is -0.0378. The lowest BCUT2D eigenvalue weighted by Gasteiger charge is -2.20. The van der Waals surface area contributed by atoms with Crippen LogP contribution in [0.4, 0.5) is 5.82 Å². The number of aromatic nitrogens is 2. The molecule has 0 saturated heterocycles. The van der Waals surface area contributed by atoms with Crippen LogP contribution in [0.15, 0.2) is 6.07 Å². The number of hydrogen-bond acceptors (Lipinski definition) is 4. The van der Waals surface area contributed by atoms with E-state index in [9.17, 15) is 0 Å². The molecule has 1 atom stereocenters. The van der Waals surface area contributed by atoms with E-state index in [2.05, 4.69) is 43.0 Å². The second-order valence-corrected chi connectivity index (χ2v) is 5.57. The van der Waals surface area contributed by atoms with Crippen molar-refractivity contribution in [3.05, 3.63) is 17.6 Å². The molecule has 1 aromatic heterocycles. The molecule has 0 saturated carbocycles. The summed E-state index contributed by atoms with van der Waals surface area (Å²) in [5.74, 6) is 2.60. The zero-order valence-corrected chi connectivity index (χ0v) is 13.0. The van der Waals surface area contributed by atoms with Crippen molar-refractivity contribution in [1.29, 1.82) is 0 Å². The van der Waals surface area contributed by atoms with Crippen molar-refractivity contribution in [2.45, 2.75) is 47.1 Å². The molecular formula is C15H27N3O.